The van der Waals surface area contributed by atoms with E-state index in [0.29, 0.717) is 11.7 Å². The Kier molecular flexibility index (Phi) is 5.18. The summed E-state index contributed by atoms with van der Waals surface area (Å²) in [6, 6.07) is 0. The van der Waals surface area contributed by atoms with Crippen LogP contribution in [-0.2, 0) is 0 Å². The minimum atomic E-state index is 0.410. The van der Waals surface area contributed by atoms with Crippen LogP contribution in [0.1, 0.15) is 89.5 Å². The normalized spacial score (nSPS) is 27.0. The predicted molar refractivity (Wildman–Crippen MR) is 102 cm³/mol. The maximum Gasteiger partial charge on any atom is 0.163 e. The number of ketones is 1. The second-order valence-electron chi connectivity index (χ2n) is 8.53. The summed E-state index contributed by atoms with van der Waals surface area (Å²) in [7, 11) is 0. The maximum atomic E-state index is 13.2. The molecule has 0 spiro atoms. The molecule has 1 heteroatoms. The van der Waals surface area contributed by atoms with E-state index in [1.165, 1.54) is 72.8 Å². The number of Topliss-reactive ketones (excluding diaryl/α,β-unsaturated/α-hetero) is 1. The van der Waals surface area contributed by atoms with Gasteiger partial charge in [0.1, 0.15) is 0 Å². The second-order valence-corrected chi connectivity index (χ2v) is 8.53. The van der Waals surface area contributed by atoms with E-state index < -0.39 is 0 Å². The van der Waals surface area contributed by atoms with Gasteiger partial charge in [-0.3, -0.25) is 4.79 Å². The first kappa shape index (κ1) is 17.7. The smallest absolute Gasteiger partial charge is 0.163 e. The van der Waals surface area contributed by atoms with E-state index in [1.807, 2.05) is 0 Å². The molecule has 2 saturated carbocycles. The van der Waals surface area contributed by atoms with Crippen molar-refractivity contribution in [1.29, 1.82) is 0 Å². The van der Waals surface area contributed by atoms with Crippen molar-refractivity contribution < 1.29 is 4.79 Å². The van der Waals surface area contributed by atoms with Crippen LogP contribution in [0, 0.1) is 52.4 Å². The highest BCUT2D eigenvalue weighted by Gasteiger charge is 2.36. The maximum absolute atomic E-state index is 13.2. The lowest BCUT2D eigenvalue weighted by atomic mass is 9.64. The lowest BCUT2D eigenvalue weighted by molar-refractivity contribution is 0.0766. The molecule has 1 aromatic carbocycles. The van der Waals surface area contributed by atoms with Crippen molar-refractivity contribution in [3.63, 3.8) is 0 Å². The van der Waals surface area contributed by atoms with Crippen LogP contribution in [0.15, 0.2) is 0 Å². The first-order valence-electron chi connectivity index (χ1n) is 10.0. The highest BCUT2D eigenvalue weighted by atomic mass is 16.1. The number of rotatable bonds is 3. The number of fused-ring (bicyclic) bond motifs is 1. The van der Waals surface area contributed by atoms with Crippen molar-refractivity contribution in [2.24, 2.45) is 17.8 Å². The van der Waals surface area contributed by atoms with E-state index in [4.69, 9.17) is 0 Å². The predicted octanol–water partition coefficient (Wildman–Crippen LogP) is 6.41. The van der Waals surface area contributed by atoms with Crippen molar-refractivity contribution >= 4 is 5.78 Å². The van der Waals surface area contributed by atoms with Crippen LogP contribution in [0.5, 0.6) is 0 Å². The zero-order valence-corrected chi connectivity index (χ0v) is 16.3. The second kappa shape index (κ2) is 7.02. The van der Waals surface area contributed by atoms with E-state index in [9.17, 15) is 4.79 Å². The summed E-state index contributed by atoms with van der Waals surface area (Å²) in [6.45, 7) is 10.8. The van der Waals surface area contributed by atoms with Gasteiger partial charge in [0, 0.05) is 12.0 Å². The zero-order valence-electron chi connectivity index (χ0n) is 16.3. The van der Waals surface area contributed by atoms with E-state index in [-0.39, 0.29) is 0 Å². The summed E-state index contributed by atoms with van der Waals surface area (Å²) < 4.78 is 0. The summed E-state index contributed by atoms with van der Waals surface area (Å²) in [5, 5.41) is 0. The third-order valence-electron chi connectivity index (χ3n) is 7.45. The van der Waals surface area contributed by atoms with E-state index in [2.05, 4.69) is 34.6 Å². The molecule has 0 unspecified atom stereocenters. The first-order valence-corrected chi connectivity index (χ1v) is 10.0. The molecular formula is C23H34O. The molecule has 3 rings (SSSR count). The molecular weight excluding hydrogens is 292 g/mol. The molecule has 0 amide bonds. The Balaban J connectivity index is 1.85. The molecule has 3 atom stereocenters. The fourth-order valence-electron chi connectivity index (χ4n) is 5.58. The van der Waals surface area contributed by atoms with Crippen LogP contribution < -0.4 is 0 Å². The average molecular weight is 327 g/mol. The van der Waals surface area contributed by atoms with Crippen LogP contribution in [0.3, 0.4) is 0 Å². The molecule has 0 heterocycles. The van der Waals surface area contributed by atoms with Gasteiger partial charge in [-0.25, -0.2) is 0 Å². The molecule has 0 N–H and O–H groups in total. The zero-order chi connectivity index (χ0) is 17.4. The molecule has 2 fully saturated rings. The number of carbonyl (C=O) groups excluding carboxylic acids is 1. The number of benzene rings is 1. The van der Waals surface area contributed by atoms with Crippen LogP contribution >= 0.6 is 0 Å². The van der Waals surface area contributed by atoms with Gasteiger partial charge in [-0.15, -0.1) is 0 Å². The van der Waals surface area contributed by atoms with E-state index in [1.54, 1.807) is 0 Å². The number of carbonyl (C=O) groups is 1. The highest BCUT2D eigenvalue weighted by molar-refractivity contribution is 5.99. The molecule has 2 aliphatic rings. The largest absolute Gasteiger partial charge is 0.294 e. The number of hydrogen-bond donors (Lipinski definition) is 0. The van der Waals surface area contributed by atoms with Crippen molar-refractivity contribution in [2.75, 3.05) is 0 Å². The Morgan fingerprint density at radius 2 is 1.29 bits per heavy atom. The summed E-state index contributed by atoms with van der Waals surface area (Å²) >= 11 is 0. The lowest BCUT2D eigenvalue weighted by Gasteiger charge is -2.41. The van der Waals surface area contributed by atoms with Gasteiger partial charge in [-0.2, -0.15) is 0 Å². The molecule has 0 aliphatic heterocycles. The van der Waals surface area contributed by atoms with Gasteiger partial charge in [0.05, 0.1) is 0 Å². The summed E-state index contributed by atoms with van der Waals surface area (Å²) in [4.78, 5) is 13.2. The molecule has 0 saturated heterocycles. The number of hydrogen-bond acceptors (Lipinski definition) is 1. The fourth-order valence-corrected chi connectivity index (χ4v) is 5.58. The lowest BCUT2D eigenvalue weighted by Crippen LogP contribution is -2.32. The van der Waals surface area contributed by atoms with Crippen molar-refractivity contribution in [2.45, 2.75) is 86.0 Å². The van der Waals surface area contributed by atoms with Crippen molar-refractivity contribution in [3.8, 4) is 0 Å². The standard InChI is InChI=1S/C23H34O/c1-14-15(2)17(4)23(18(5)16(14)3)22(24)13-20-11-8-10-19-9-6-7-12-21(19)20/h19-21H,6-13H2,1-5H3/t19-,20+,21+/m0/s1. The van der Waals surface area contributed by atoms with E-state index >= 15 is 0 Å². The highest BCUT2D eigenvalue weighted by Crippen LogP contribution is 2.45. The Labute approximate surface area is 148 Å². The monoisotopic (exact) mass is 326 g/mol. The third-order valence-corrected chi connectivity index (χ3v) is 7.45. The summed E-state index contributed by atoms with van der Waals surface area (Å²) in [5.74, 6) is 2.78. The van der Waals surface area contributed by atoms with Crippen LogP contribution in [0.2, 0.25) is 0 Å². The van der Waals surface area contributed by atoms with Gasteiger partial charge in [0.15, 0.2) is 5.78 Å². The van der Waals surface area contributed by atoms with Gasteiger partial charge >= 0.3 is 0 Å². The van der Waals surface area contributed by atoms with Crippen molar-refractivity contribution in [1.82, 2.24) is 0 Å². The molecule has 0 aromatic heterocycles. The molecule has 24 heavy (non-hydrogen) atoms. The summed E-state index contributed by atoms with van der Waals surface area (Å²) in [5.41, 5.74) is 7.44. The molecule has 2 aliphatic carbocycles. The van der Waals surface area contributed by atoms with Crippen LogP contribution in [-0.4, -0.2) is 5.78 Å². The Morgan fingerprint density at radius 1 is 0.750 bits per heavy atom. The average Bonchev–Trinajstić information content (AvgIpc) is 2.59. The Bertz CT molecular complexity index is 609. The van der Waals surface area contributed by atoms with Gasteiger partial charge in [0.25, 0.3) is 0 Å². The Hall–Kier alpha value is -1.11. The van der Waals surface area contributed by atoms with Crippen LogP contribution in [0.25, 0.3) is 0 Å². The minimum Gasteiger partial charge on any atom is -0.294 e. The molecule has 1 nitrogen and oxygen atoms in total. The third kappa shape index (κ3) is 3.07. The SMILES string of the molecule is Cc1c(C)c(C)c(C(=O)C[C@H]2CCC[C@@H]3CCCC[C@H]32)c(C)c1C. The first-order chi connectivity index (χ1) is 11.4. The summed E-state index contributed by atoms with van der Waals surface area (Å²) in [6.07, 6.45) is 10.4. The fraction of sp³-hybridized carbons (Fsp3) is 0.696. The van der Waals surface area contributed by atoms with Gasteiger partial charge < -0.3 is 0 Å². The molecule has 0 bridgehead atoms. The van der Waals surface area contributed by atoms with Crippen LogP contribution in [0.4, 0.5) is 0 Å². The molecule has 0 radical (unpaired) electrons. The van der Waals surface area contributed by atoms with Crippen molar-refractivity contribution in [3.05, 3.63) is 33.4 Å². The Morgan fingerprint density at radius 3 is 1.96 bits per heavy atom. The van der Waals surface area contributed by atoms with Gasteiger partial charge in [-0.1, -0.05) is 32.1 Å². The minimum absolute atomic E-state index is 0.410. The quantitative estimate of drug-likeness (QED) is 0.587. The van der Waals surface area contributed by atoms with Gasteiger partial charge in [0.2, 0.25) is 0 Å². The molecule has 132 valence electrons. The molecule has 1 aromatic rings. The topological polar surface area (TPSA) is 17.1 Å². The van der Waals surface area contributed by atoms with Gasteiger partial charge in [-0.05, 0) is 93.0 Å². The van der Waals surface area contributed by atoms with E-state index in [0.717, 1.165) is 23.8 Å².